The second-order valence-corrected chi connectivity index (χ2v) is 3.68. The summed E-state index contributed by atoms with van der Waals surface area (Å²) in [5.74, 6) is -1.08. The smallest absolute Gasteiger partial charge is 0.332 e. The van der Waals surface area contributed by atoms with Crippen LogP contribution in [0.4, 0.5) is 0 Å². The van der Waals surface area contributed by atoms with Crippen molar-refractivity contribution in [3.05, 3.63) is 12.3 Å². The molecule has 7 heteroatoms. The molecule has 0 bridgehead atoms. The first-order chi connectivity index (χ1) is 8.54. The zero-order valence-corrected chi connectivity index (χ0v) is 10.2. The molecular weight excluding hydrogens is 244 g/mol. The van der Waals surface area contributed by atoms with E-state index in [2.05, 4.69) is 4.74 Å². The molecule has 0 unspecified atom stereocenters. The number of aliphatic hydroxyl groups is 1. The molecule has 0 amide bonds. The standard InChI is InChI=1S/C11H16O7/c1-7(12)17-5-9-11(14)8(3-4-16-9)18-10(13)6-15-2/h3-4,8-9,11,14H,5-6H2,1-2H3/t8-,9-,11+/m1/s1. The first kappa shape index (κ1) is 14.5. The molecule has 3 atom stereocenters. The molecule has 0 radical (unpaired) electrons. The second kappa shape index (κ2) is 6.97. The molecular formula is C11H16O7. The molecule has 18 heavy (non-hydrogen) atoms. The van der Waals surface area contributed by atoms with E-state index in [0.29, 0.717) is 0 Å². The van der Waals surface area contributed by atoms with Gasteiger partial charge in [0, 0.05) is 14.0 Å². The number of carbonyl (C=O) groups excluding carboxylic acids is 2. The Balaban J connectivity index is 2.50. The van der Waals surface area contributed by atoms with Crippen molar-refractivity contribution in [2.45, 2.75) is 25.2 Å². The highest BCUT2D eigenvalue weighted by Crippen LogP contribution is 2.16. The van der Waals surface area contributed by atoms with Gasteiger partial charge in [-0.1, -0.05) is 0 Å². The van der Waals surface area contributed by atoms with Gasteiger partial charge in [-0.3, -0.25) is 4.79 Å². The molecule has 0 aliphatic carbocycles. The van der Waals surface area contributed by atoms with Gasteiger partial charge in [0.1, 0.15) is 19.3 Å². The van der Waals surface area contributed by atoms with Crippen LogP contribution in [0.15, 0.2) is 12.3 Å². The van der Waals surface area contributed by atoms with Crippen LogP contribution in [0.3, 0.4) is 0 Å². The van der Waals surface area contributed by atoms with Gasteiger partial charge in [-0.05, 0) is 6.08 Å². The Morgan fingerprint density at radius 3 is 2.78 bits per heavy atom. The third-order valence-corrected chi connectivity index (χ3v) is 2.22. The minimum Gasteiger partial charge on any atom is -0.492 e. The van der Waals surface area contributed by atoms with Crippen LogP contribution >= 0.6 is 0 Å². The summed E-state index contributed by atoms with van der Waals surface area (Å²) in [5.41, 5.74) is 0. The second-order valence-electron chi connectivity index (χ2n) is 3.68. The third kappa shape index (κ3) is 4.34. The highest BCUT2D eigenvalue weighted by Gasteiger charge is 2.33. The average molecular weight is 260 g/mol. The lowest BCUT2D eigenvalue weighted by Crippen LogP contribution is -2.45. The van der Waals surface area contributed by atoms with Crippen LogP contribution in [-0.4, -0.2) is 55.7 Å². The first-order valence-electron chi connectivity index (χ1n) is 5.36. The summed E-state index contributed by atoms with van der Waals surface area (Å²) in [6.07, 6.45) is -0.00920. The summed E-state index contributed by atoms with van der Waals surface area (Å²) in [5, 5.41) is 9.87. The Bertz CT molecular complexity index is 325. The number of hydrogen-bond donors (Lipinski definition) is 1. The number of esters is 2. The van der Waals surface area contributed by atoms with Crippen LogP contribution in [0.25, 0.3) is 0 Å². The molecule has 1 aliphatic heterocycles. The van der Waals surface area contributed by atoms with Crippen LogP contribution in [0.2, 0.25) is 0 Å². The molecule has 1 heterocycles. The SMILES string of the molecule is COCC(=O)O[C@@H]1C=CO[C@H](COC(C)=O)[C@H]1O. The van der Waals surface area contributed by atoms with E-state index >= 15 is 0 Å². The quantitative estimate of drug-likeness (QED) is 0.659. The Morgan fingerprint density at radius 1 is 1.44 bits per heavy atom. The van der Waals surface area contributed by atoms with Crippen molar-refractivity contribution in [2.75, 3.05) is 20.3 Å². The number of aliphatic hydroxyl groups excluding tert-OH is 1. The fraction of sp³-hybridized carbons (Fsp3) is 0.636. The fourth-order valence-corrected chi connectivity index (χ4v) is 1.38. The van der Waals surface area contributed by atoms with Gasteiger partial charge in [0.2, 0.25) is 0 Å². The van der Waals surface area contributed by atoms with Gasteiger partial charge in [-0.25, -0.2) is 4.79 Å². The largest absolute Gasteiger partial charge is 0.492 e. The third-order valence-electron chi connectivity index (χ3n) is 2.22. The lowest BCUT2D eigenvalue weighted by molar-refractivity contribution is -0.167. The topological polar surface area (TPSA) is 91.3 Å². The minimum absolute atomic E-state index is 0.112. The van der Waals surface area contributed by atoms with Gasteiger partial charge >= 0.3 is 11.9 Å². The van der Waals surface area contributed by atoms with Crippen LogP contribution in [0.1, 0.15) is 6.92 Å². The van der Waals surface area contributed by atoms with Crippen molar-refractivity contribution in [1.29, 1.82) is 0 Å². The van der Waals surface area contributed by atoms with E-state index in [1.807, 2.05) is 0 Å². The molecule has 1 N–H and O–H groups in total. The van der Waals surface area contributed by atoms with Crippen molar-refractivity contribution < 1.29 is 33.6 Å². The van der Waals surface area contributed by atoms with E-state index in [4.69, 9.17) is 14.2 Å². The van der Waals surface area contributed by atoms with Gasteiger partial charge < -0.3 is 24.1 Å². The maximum absolute atomic E-state index is 11.2. The molecule has 0 saturated carbocycles. The Morgan fingerprint density at radius 2 is 2.17 bits per heavy atom. The molecule has 0 saturated heterocycles. The molecule has 1 aliphatic rings. The first-order valence-corrected chi connectivity index (χ1v) is 5.36. The lowest BCUT2D eigenvalue weighted by Gasteiger charge is -2.30. The predicted octanol–water partition coefficient (Wildman–Crippen LogP) is -0.619. The van der Waals surface area contributed by atoms with Crippen molar-refractivity contribution in [1.82, 2.24) is 0 Å². The predicted molar refractivity (Wildman–Crippen MR) is 58.4 cm³/mol. The maximum Gasteiger partial charge on any atom is 0.332 e. The Hall–Kier alpha value is -1.60. The van der Waals surface area contributed by atoms with Gasteiger partial charge in [-0.2, -0.15) is 0 Å². The fourth-order valence-electron chi connectivity index (χ4n) is 1.38. The molecule has 7 nitrogen and oxygen atoms in total. The summed E-state index contributed by atoms with van der Waals surface area (Å²) in [6.45, 7) is 0.937. The minimum atomic E-state index is -1.10. The summed E-state index contributed by atoms with van der Waals surface area (Å²) in [7, 11) is 1.36. The zero-order valence-electron chi connectivity index (χ0n) is 10.2. The van der Waals surface area contributed by atoms with Gasteiger partial charge in [0.15, 0.2) is 12.2 Å². The maximum atomic E-state index is 11.2. The molecule has 0 aromatic carbocycles. The van der Waals surface area contributed by atoms with E-state index in [9.17, 15) is 14.7 Å². The Labute approximate surface area is 104 Å². The monoisotopic (exact) mass is 260 g/mol. The summed E-state index contributed by atoms with van der Waals surface area (Å²) in [6, 6.07) is 0. The van der Waals surface area contributed by atoms with Gasteiger partial charge in [-0.15, -0.1) is 0 Å². The number of carbonyl (C=O) groups is 2. The van der Waals surface area contributed by atoms with Crippen LogP contribution in [0, 0.1) is 0 Å². The average Bonchev–Trinajstić information content (AvgIpc) is 2.30. The number of rotatable bonds is 5. The van der Waals surface area contributed by atoms with E-state index < -0.39 is 30.3 Å². The summed E-state index contributed by atoms with van der Waals surface area (Å²) >= 11 is 0. The van der Waals surface area contributed by atoms with Crippen LogP contribution in [0.5, 0.6) is 0 Å². The van der Waals surface area contributed by atoms with E-state index in [1.165, 1.54) is 26.4 Å². The van der Waals surface area contributed by atoms with E-state index in [1.54, 1.807) is 0 Å². The lowest BCUT2D eigenvalue weighted by atomic mass is 10.1. The van der Waals surface area contributed by atoms with Crippen LogP contribution in [-0.2, 0) is 28.5 Å². The van der Waals surface area contributed by atoms with Crippen molar-refractivity contribution in [3.8, 4) is 0 Å². The van der Waals surface area contributed by atoms with E-state index in [-0.39, 0.29) is 13.2 Å². The van der Waals surface area contributed by atoms with Crippen molar-refractivity contribution in [3.63, 3.8) is 0 Å². The molecule has 102 valence electrons. The normalized spacial score (nSPS) is 26.3. The molecule has 1 rings (SSSR count). The van der Waals surface area contributed by atoms with Gasteiger partial charge in [0.05, 0.1) is 6.26 Å². The molecule has 0 aromatic rings. The van der Waals surface area contributed by atoms with E-state index in [0.717, 1.165) is 0 Å². The Kier molecular flexibility index (Phi) is 5.60. The van der Waals surface area contributed by atoms with Crippen LogP contribution < -0.4 is 0 Å². The summed E-state index contributed by atoms with van der Waals surface area (Å²) < 4.78 is 19.4. The molecule has 0 fully saturated rings. The number of ether oxygens (including phenoxy) is 4. The molecule has 0 aromatic heterocycles. The summed E-state index contributed by atoms with van der Waals surface area (Å²) in [4.78, 5) is 21.9. The highest BCUT2D eigenvalue weighted by atomic mass is 16.6. The number of methoxy groups -OCH3 is 1. The molecule has 0 spiro atoms. The van der Waals surface area contributed by atoms with Gasteiger partial charge in [0.25, 0.3) is 0 Å². The zero-order chi connectivity index (χ0) is 13.5. The van der Waals surface area contributed by atoms with Crippen molar-refractivity contribution >= 4 is 11.9 Å². The van der Waals surface area contributed by atoms with Crippen molar-refractivity contribution in [2.24, 2.45) is 0 Å². The number of hydrogen-bond acceptors (Lipinski definition) is 7. The highest BCUT2D eigenvalue weighted by molar-refractivity contribution is 5.71.